The topological polar surface area (TPSA) is 174 Å². The van der Waals surface area contributed by atoms with Crippen molar-refractivity contribution >= 4 is 29.8 Å². The highest BCUT2D eigenvalue weighted by molar-refractivity contribution is 5.74. The Hall–Kier alpha value is -2.77. The van der Waals surface area contributed by atoms with E-state index >= 15 is 0 Å². The minimum Gasteiger partial charge on any atom is -0.480 e. The Balaban J connectivity index is 4.95. The van der Waals surface area contributed by atoms with Crippen LogP contribution in [0, 0.1) is 0 Å². The summed E-state index contributed by atoms with van der Waals surface area (Å²) in [5.74, 6) is -4.74. The van der Waals surface area contributed by atoms with Crippen LogP contribution in [0.25, 0.3) is 0 Å². The van der Waals surface area contributed by atoms with Crippen LogP contribution in [0.15, 0.2) is 0 Å². The molecule has 0 aliphatic carbocycles. The summed E-state index contributed by atoms with van der Waals surface area (Å²) in [4.78, 5) is 59.8. The quantitative estimate of drug-likeness (QED) is 0.223. The molecule has 0 bridgehead atoms. The van der Waals surface area contributed by atoms with Crippen molar-refractivity contribution in [3.63, 3.8) is 0 Å². The van der Waals surface area contributed by atoms with E-state index in [1.165, 1.54) is 14.7 Å². The van der Waals surface area contributed by atoms with E-state index in [0.717, 1.165) is 14.2 Å². The van der Waals surface area contributed by atoms with Gasteiger partial charge in [-0.25, -0.2) is 0 Å². The molecule has 166 valence electrons. The fourth-order valence-electron chi connectivity index (χ4n) is 2.33. The number of carboxylic acid groups (broad SMARTS) is 3. The van der Waals surface area contributed by atoms with Gasteiger partial charge in [-0.3, -0.25) is 38.7 Å². The molecule has 0 aromatic rings. The number of carbonyl (C=O) groups is 5. The van der Waals surface area contributed by atoms with Gasteiger partial charge < -0.3 is 24.8 Å². The van der Waals surface area contributed by atoms with Crippen LogP contribution in [-0.4, -0.2) is 133 Å². The number of hydrogen-bond donors (Lipinski definition) is 3. The molecular formula is C16H27N3O10. The summed E-state index contributed by atoms with van der Waals surface area (Å²) < 4.78 is 9.02. The minimum absolute atomic E-state index is 0.0601. The number of methoxy groups -OCH3 is 2. The van der Waals surface area contributed by atoms with E-state index in [0.29, 0.717) is 0 Å². The lowest BCUT2D eigenvalue weighted by atomic mass is 10.3. The van der Waals surface area contributed by atoms with Crippen LogP contribution in [0.3, 0.4) is 0 Å². The van der Waals surface area contributed by atoms with Crippen LogP contribution >= 0.6 is 0 Å². The third kappa shape index (κ3) is 14.0. The smallest absolute Gasteiger partial charge is 0.319 e. The summed E-state index contributed by atoms with van der Waals surface area (Å²) in [6.07, 6.45) is 0. The zero-order chi connectivity index (χ0) is 22.4. The average Bonchev–Trinajstić information content (AvgIpc) is 2.61. The van der Waals surface area contributed by atoms with Gasteiger partial charge in [-0.15, -0.1) is 0 Å². The molecule has 0 spiro atoms. The molecule has 0 aliphatic heterocycles. The van der Waals surface area contributed by atoms with Crippen molar-refractivity contribution in [3.8, 4) is 0 Å². The predicted molar refractivity (Wildman–Crippen MR) is 96.3 cm³/mol. The standard InChI is InChI=1S/C16H27N3O10/c1-28-15(26)10-18(8-13(22)23)5-3-17(7-12(20)21)4-6-19(9-14(24)25)11-16(27)29-2/h3-11H2,1-2H3,(H,20,21)(H,22,23)(H,24,25). The van der Waals surface area contributed by atoms with E-state index < -0.39 is 49.5 Å². The first-order valence-corrected chi connectivity index (χ1v) is 8.53. The van der Waals surface area contributed by atoms with Crippen LogP contribution in [0.2, 0.25) is 0 Å². The summed E-state index contributed by atoms with van der Waals surface area (Å²) in [6, 6.07) is 0. The monoisotopic (exact) mass is 421 g/mol. The second-order valence-electron chi connectivity index (χ2n) is 6.03. The first kappa shape index (κ1) is 26.2. The fraction of sp³-hybridized carbons (Fsp3) is 0.688. The molecule has 0 saturated carbocycles. The number of ether oxygens (including phenoxy) is 2. The molecule has 0 radical (unpaired) electrons. The molecule has 0 aromatic carbocycles. The summed E-state index contributed by atoms with van der Waals surface area (Å²) in [7, 11) is 2.33. The summed E-state index contributed by atoms with van der Waals surface area (Å²) >= 11 is 0. The van der Waals surface area contributed by atoms with Gasteiger partial charge in [0.15, 0.2) is 0 Å². The molecule has 3 N–H and O–H groups in total. The van der Waals surface area contributed by atoms with Gasteiger partial charge in [-0.2, -0.15) is 0 Å². The maximum absolute atomic E-state index is 11.4. The second-order valence-corrected chi connectivity index (χ2v) is 6.03. The van der Waals surface area contributed by atoms with Crippen LogP contribution in [0.5, 0.6) is 0 Å². The number of aliphatic carboxylic acids is 3. The van der Waals surface area contributed by atoms with Crippen LogP contribution in [0.4, 0.5) is 0 Å². The highest BCUT2D eigenvalue weighted by Crippen LogP contribution is 1.98. The first-order chi connectivity index (χ1) is 13.6. The number of hydrogen-bond acceptors (Lipinski definition) is 10. The predicted octanol–water partition coefficient (Wildman–Crippen LogP) is -2.51. The summed E-state index contributed by atoms with van der Waals surface area (Å²) in [6.45, 7) is -1.53. The fourth-order valence-corrected chi connectivity index (χ4v) is 2.33. The third-order valence-corrected chi connectivity index (χ3v) is 3.70. The number of esters is 2. The van der Waals surface area contributed by atoms with E-state index in [-0.39, 0.29) is 39.3 Å². The van der Waals surface area contributed by atoms with Gasteiger partial charge in [0, 0.05) is 26.2 Å². The van der Waals surface area contributed by atoms with Crippen LogP contribution in [-0.2, 0) is 33.4 Å². The van der Waals surface area contributed by atoms with E-state index in [2.05, 4.69) is 9.47 Å². The highest BCUT2D eigenvalue weighted by atomic mass is 16.5. The number of nitrogens with zero attached hydrogens (tertiary/aromatic N) is 3. The van der Waals surface area contributed by atoms with Gasteiger partial charge in [0.2, 0.25) is 0 Å². The normalized spacial score (nSPS) is 10.9. The van der Waals surface area contributed by atoms with Gasteiger partial charge >= 0.3 is 29.8 Å². The van der Waals surface area contributed by atoms with Gasteiger partial charge in [-0.05, 0) is 0 Å². The first-order valence-electron chi connectivity index (χ1n) is 8.53. The van der Waals surface area contributed by atoms with E-state index in [9.17, 15) is 24.0 Å². The van der Waals surface area contributed by atoms with Crippen molar-refractivity contribution < 1.29 is 48.8 Å². The number of carboxylic acids is 3. The van der Waals surface area contributed by atoms with Crippen LogP contribution in [0.1, 0.15) is 0 Å². The molecule has 0 atom stereocenters. The zero-order valence-corrected chi connectivity index (χ0v) is 16.4. The van der Waals surface area contributed by atoms with E-state index in [4.69, 9.17) is 15.3 Å². The van der Waals surface area contributed by atoms with Gasteiger partial charge in [0.05, 0.1) is 46.9 Å². The maximum Gasteiger partial charge on any atom is 0.319 e. The molecule has 0 amide bonds. The maximum atomic E-state index is 11.4. The van der Waals surface area contributed by atoms with Crippen LogP contribution < -0.4 is 0 Å². The van der Waals surface area contributed by atoms with Crippen molar-refractivity contribution in [3.05, 3.63) is 0 Å². The lowest BCUT2D eigenvalue weighted by Gasteiger charge is -2.27. The van der Waals surface area contributed by atoms with E-state index in [1.54, 1.807) is 0 Å². The van der Waals surface area contributed by atoms with Crippen molar-refractivity contribution in [1.29, 1.82) is 0 Å². The molecule has 13 heteroatoms. The van der Waals surface area contributed by atoms with Crippen molar-refractivity contribution in [2.45, 2.75) is 0 Å². The van der Waals surface area contributed by atoms with Gasteiger partial charge in [-0.1, -0.05) is 0 Å². The molecule has 0 fully saturated rings. The lowest BCUT2D eigenvalue weighted by Crippen LogP contribution is -2.45. The SMILES string of the molecule is COC(=O)CN(CCN(CCN(CC(=O)O)CC(=O)OC)CC(=O)O)CC(=O)O. The number of carbonyl (C=O) groups excluding carboxylic acids is 2. The van der Waals surface area contributed by atoms with Crippen molar-refractivity contribution in [1.82, 2.24) is 14.7 Å². The van der Waals surface area contributed by atoms with Crippen molar-refractivity contribution in [2.75, 3.05) is 73.1 Å². The Labute approximate surface area is 167 Å². The largest absolute Gasteiger partial charge is 0.480 e. The highest BCUT2D eigenvalue weighted by Gasteiger charge is 2.19. The molecule has 0 unspecified atom stereocenters. The molecule has 0 rings (SSSR count). The molecule has 29 heavy (non-hydrogen) atoms. The second kappa shape index (κ2) is 14.3. The molecular weight excluding hydrogens is 394 g/mol. The van der Waals surface area contributed by atoms with E-state index in [1.807, 2.05) is 0 Å². The third-order valence-electron chi connectivity index (χ3n) is 3.70. The van der Waals surface area contributed by atoms with Crippen molar-refractivity contribution in [2.24, 2.45) is 0 Å². The Morgan fingerprint density at radius 2 is 0.828 bits per heavy atom. The molecule has 0 aliphatic rings. The summed E-state index contributed by atoms with van der Waals surface area (Å²) in [5, 5.41) is 26.9. The Kier molecular flexibility index (Phi) is 12.9. The number of rotatable bonds is 16. The molecule has 13 nitrogen and oxygen atoms in total. The Bertz CT molecular complexity index is 541. The zero-order valence-electron chi connectivity index (χ0n) is 16.4. The minimum atomic E-state index is -1.16. The summed E-state index contributed by atoms with van der Waals surface area (Å²) in [5.41, 5.74) is 0. The van der Waals surface area contributed by atoms with Gasteiger partial charge in [0.1, 0.15) is 0 Å². The average molecular weight is 421 g/mol. The Morgan fingerprint density at radius 3 is 1.10 bits per heavy atom. The molecule has 0 saturated heterocycles. The van der Waals surface area contributed by atoms with Gasteiger partial charge in [0.25, 0.3) is 0 Å². The molecule has 0 aromatic heterocycles. The Morgan fingerprint density at radius 1 is 0.552 bits per heavy atom. The lowest BCUT2D eigenvalue weighted by molar-refractivity contribution is -0.145. The molecule has 0 heterocycles.